The van der Waals surface area contributed by atoms with E-state index in [4.69, 9.17) is 9.84 Å². The van der Waals surface area contributed by atoms with E-state index in [1.807, 2.05) is 0 Å². The van der Waals surface area contributed by atoms with Crippen molar-refractivity contribution < 1.29 is 20.1 Å². The molecule has 4 atom stereocenters. The second-order valence-electron chi connectivity index (χ2n) is 3.61. The Labute approximate surface area is 86.7 Å². The molecule has 3 N–H and O–H groups in total. The van der Waals surface area contributed by atoms with Gasteiger partial charge in [-0.3, -0.25) is 0 Å². The first-order chi connectivity index (χ1) is 7.22. The Morgan fingerprint density at radius 2 is 2.27 bits per heavy atom. The summed E-state index contributed by atoms with van der Waals surface area (Å²) in [5, 5.41) is 32.2. The molecule has 2 rings (SSSR count). The van der Waals surface area contributed by atoms with Crippen LogP contribution in [-0.2, 0) is 4.74 Å². The second kappa shape index (κ2) is 4.28. The normalized spacial score (nSPS) is 36.7. The summed E-state index contributed by atoms with van der Waals surface area (Å²) in [6.07, 6.45) is 0.317. The Kier molecular flexibility index (Phi) is 3.01. The number of hydrogen-bond donors (Lipinski definition) is 3. The molecule has 0 bridgehead atoms. The lowest BCUT2D eigenvalue weighted by atomic mass is 10.0. The van der Waals surface area contributed by atoms with E-state index in [2.05, 4.69) is 5.10 Å². The van der Waals surface area contributed by atoms with Gasteiger partial charge in [0.2, 0.25) is 0 Å². The van der Waals surface area contributed by atoms with Gasteiger partial charge in [-0.15, -0.1) is 0 Å². The second-order valence-corrected chi connectivity index (χ2v) is 3.61. The minimum atomic E-state index is -1.02. The summed E-state index contributed by atoms with van der Waals surface area (Å²) >= 11 is 0. The summed E-state index contributed by atoms with van der Waals surface area (Å²) in [6.45, 7) is -0.179. The molecule has 1 aromatic heterocycles. The molecule has 0 amide bonds. The first-order valence-electron chi connectivity index (χ1n) is 4.84. The fraction of sp³-hybridized carbons (Fsp3) is 0.667. The zero-order chi connectivity index (χ0) is 10.8. The minimum Gasteiger partial charge on any atom is -0.394 e. The maximum absolute atomic E-state index is 9.71. The average Bonchev–Trinajstić information content (AvgIpc) is 2.75. The molecule has 0 aromatic carbocycles. The molecular weight excluding hydrogens is 200 g/mol. The third-order valence-corrected chi connectivity index (χ3v) is 2.51. The van der Waals surface area contributed by atoms with Crippen LogP contribution >= 0.6 is 0 Å². The highest BCUT2D eigenvalue weighted by atomic mass is 16.5. The molecule has 4 unspecified atom stereocenters. The topological polar surface area (TPSA) is 87.7 Å². The van der Waals surface area contributed by atoms with Gasteiger partial charge in [0.25, 0.3) is 0 Å². The Balaban J connectivity index is 2.15. The third-order valence-electron chi connectivity index (χ3n) is 2.51. The van der Waals surface area contributed by atoms with Gasteiger partial charge in [-0.1, -0.05) is 0 Å². The van der Waals surface area contributed by atoms with E-state index >= 15 is 0 Å². The lowest BCUT2D eigenvalue weighted by Gasteiger charge is -2.36. The van der Waals surface area contributed by atoms with Gasteiger partial charge in [0, 0.05) is 18.8 Å². The zero-order valence-electron chi connectivity index (χ0n) is 8.10. The van der Waals surface area contributed by atoms with Gasteiger partial charge in [0.1, 0.15) is 6.10 Å². The zero-order valence-corrected chi connectivity index (χ0v) is 8.10. The number of aromatic nitrogens is 2. The molecule has 1 aromatic rings. The van der Waals surface area contributed by atoms with E-state index in [1.165, 1.54) is 4.68 Å². The summed E-state index contributed by atoms with van der Waals surface area (Å²) < 4.78 is 6.83. The van der Waals surface area contributed by atoms with Crippen LogP contribution in [0.4, 0.5) is 0 Å². The molecule has 1 fully saturated rings. The van der Waals surface area contributed by atoms with Gasteiger partial charge < -0.3 is 20.1 Å². The number of hydrogen-bond acceptors (Lipinski definition) is 5. The Bertz CT molecular complexity index is 303. The first-order valence-corrected chi connectivity index (χ1v) is 4.84. The smallest absolute Gasteiger partial charge is 0.178 e. The van der Waals surface area contributed by atoms with Crippen molar-refractivity contribution in [2.75, 3.05) is 6.61 Å². The molecule has 15 heavy (non-hydrogen) atoms. The van der Waals surface area contributed by atoms with Crippen molar-refractivity contribution in [2.45, 2.75) is 31.0 Å². The van der Waals surface area contributed by atoms with E-state index < -0.39 is 24.5 Å². The summed E-state index contributed by atoms with van der Waals surface area (Å²) in [4.78, 5) is 0. The Hall–Kier alpha value is -0.950. The van der Waals surface area contributed by atoms with Crippen LogP contribution in [0.2, 0.25) is 0 Å². The molecule has 0 aliphatic carbocycles. The molecule has 2 heterocycles. The van der Waals surface area contributed by atoms with E-state index in [1.54, 1.807) is 18.5 Å². The largest absolute Gasteiger partial charge is 0.394 e. The predicted octanol–water partition coefficient (Wildman–Crippen LogP) is -1.12. The van der Waals surface area contributed by atoms with Crippen molar-refractivity contribution in [3.63, 3.8) is 0 Å². The Morgan fingerprint density at radius 3 is 2.87 bits per heavy atom. The third kappa shape index (κ3) is 2.03. The number of nitrogens with zero attached hydrogens (tertiary/aromatic N) is 2. The van der Waals surface area contributed by atoms with Crippen LogP contribution in [0.3, 0.4) is 0 Å². The quantitative estimate of drug-likeness (QED) is 0.580. The van der Waals surface area contributed by atoms with Crippen LogP contribution < -0.4 is 0 Å². The number of rotatable bonds is 2. The minimum absolute atomic E-state index is 0.179. The van der Waals surface area contributed by atoms with Gasteiger partial charge >= 0.3 is 0 Å². The van der Waals surface area contributed by atoms with Crippen LogP contribution in [-0.4, -0.2) is 50.0 Å². The predicted molar refractivity (Wildman–Crippen MR) is 49.9 cm³/mol. The summed E-state index contributed by atoms with van der Waals surface area (Å²) in [6, 6.07) is 1.70. The molecule has 6 nitrogen and oxygen atoms in total. The van der Waals surface area contributed by atoms with Crippen molar-refractivity contribution in [3.8, 4) is 0 Å². The summed E-state index contributed by atoms with van der Waals surface area (Å²) in [5.41, 5.74) is 0. The Morgan fingerprint density at radius 1 is 1.47 bits per heavy atom. The molecule has 0 radical (unpaired) electrons. The van der Waals surface area contributed by atoms with E-state index in [9.17, 15) is 10.2 Å². The van der Waals surface area contributed by atoms with Crippen molar-refractivity contribution in [1.82, 2.24) is 9.78 Å². The lowest BCUT2D eigenvalue weighted by Crippen LogP contribution is -2.46. The van der Waals surface area contributed by atoms with Crippen molar-refractivity contribution in [1.29, 1.82) is 0 Å². The number of ether oxygens (including phenoxy) is 1. The van der Waals surface area contributed by atoms with Crippen LogP contribution in [0.25, 0.3) is 0 Å². The van der Waals surface area contributed by atoms with Crippen LogP contribution in [0.5, 0.6) is 0 Å². The highest BCUT2D eigenvalue weighted by Gasteiger charge is 2.37. The van der Waals surface area contributed by atoms with Crippen molar-refractivity contribution in [3.05, 3.63) is 18.5 Å². The van der Waals surface area contributed by atoms with Gasteiger partial charge in [-0.2, -0.15) is 5.10 Å². The van der Waals surface area contributed by atoms with Crippen LogP contribution in [0, 0.1) is 0 Å². The monoisotopic (exact) mass is 214 g/mol. The number of aliphatic hydroxyl groups excluding tert-OH is 3. The molecule has 6 heteroatoms. The fourth-order valence-electron chi connectivity index (χ4n) is 1.70. The molecule has 1 aliphatic heterocycles. The van der Waals surface area contributed by atoms with Gasteiger partial charge in [0.15, 0.2) is 6.23 Å². The molecular formula is C9H14N2O4. The highest BCUT2D eigenvalue weighted by molar-refractivity contribution is 4.87. The van der Waals surface area contributed by atoms with Crippen LogP contribution in [0.15, 0.2) is 18.5 Å². The van der Waals surface area contributed by atoms with Gasteiger partial charge in [-0.05, 0) is 6.07 Å². The molecule has 1 saturated heterocycles. The molecule has 0 saturated carbocycles. The highest BCUT2D eigenvalue weighted by Crippen LogP contribution is 2.26. The maximum atomic E-state index is 9.71. The average molecular weight is 214 g/mol. The maximum Gasteiger partial charge on any atom is 0.178 e. The van der Waals surface area contributed by atoms with E-state index in [0.717, 1.165) is 0 Å². The molecule has 0 spiro atoms. The first kappa shape index (κ1) is 10.6. The molecule has 1 aliphatic rings. The van der Waals surface area contributed by atoms with Crippen molar-refractivity contribution in [2.24, 2.45) is 0 Å². The van der Waals surface area contributed by atoms with Gasteiger partial charge in [0.05, 0.1) is 18.8 Å². The fourth-order valence-corrected chi connectivity index (χ4v) is 1.70. The summed E-state index contributed by atoms with van der Waals surface area (Å²) in [7, 11) is 0. The number of aliphatic hydroxyl groups is 3. The standard InChI is InChI=1S/C9H14N2O4/c12-5-6-4-7(13)8(14)9(15-6)11-3-1-2-10-11/h1-3,6-9,12-14H,4-5H2. The van der Waals surface area contributed by atoms with Crippen molar-refractivity contribution >= 4 is 0 Å². The van der Waals surface area contributed by atoms with Crippen LogP contribution in [0.1, 0.15) is 12.6 Å². The molecule has 84 valence electrons. The van der Waals surface area contributed by atoms with Gasteiger partial charge in [-0.25, -0.2) is 4.68 Å². The van der Waals surface area contributed by atoms with E-state index in [-0.39, 0.29) is 13.0 Å². The SMILES string of the molecule is OCC1CC(O)C(O)C(n2cccn2)O1. The lowest BCUT2D eigenvalue weighted by molar-refractivity contribution is -0.208. The summed E-state index contributed by atoms with van der Waals surface area (Å²) in [5.74, 6) is 0. The van der Waals surface area contributed by atoms with E-state index in [0.29, 0.717) is 0 Å².